The second-order valence-corrected chi connectivity index (χ2v) is 7.84. The van der Waals surface area contributed by atoms with Crippen molar-refractivity contribution in [1.29, 1.82) is 0 Å². The molecule has 0 radical (unpaired) electrons. The average Bonchev–Trinajstić information content (AvgIpc) is 2.76. The molecule has 0 saturated carbocycles. The number of rotatable bonds is 11. The molecule has 0 aliphatic rings. The van der Waals surface area contributed by atoms with Gasteiger partial charge in [0.15, 0.2) is 0 Å². The number of unbranched alkanes of at least 4 members (excludes halogenated alkanes) is 1. The molecule has 0 aliphatic heterocycles. The van der Waals surface area contributed by atoms with Gasteiger partial charge in [-0.05, 0) is 43.2 Å². The maximum absolute atomic E-state index is 13.0. The predicted octanol–water partition coefficient (Wildman–Crippen LogP) is 4.12. The number of benzene rings is 2. The normalized spacial score (nSPS) is 11.6. The molecule has 1 N–H and O–H groups in total. The van der Waals surface area contributed by atoms with Gasteiger partial charge in [-0.25, -0.2) is 0 Å². The number of nitrogens with zero attached hydrogens (tertiary/aromatic N) is 1. The van der Waals surface area contributed by atoms with E-state index in [1.165, 1.54) is 11.8 Å². The number of hydrogen-bond acceptors (Lipinski definition) is 4. The molecule has 2 rings (SSSR count). The molecule has 2 aromatic carbocycles. The zero-order chi connectivity index (χ0) is 21.1. The fraction of sp³-hybridized carbons (Fsp3) is 0.391. The van der Waals surface area contributed by atoms with E-state index in [0.29, 0.717) is 13.1 Å². The van der Waals surface area contributed by atoms with Crippen LogP contribution >= 0.6 is 11.8 Å². The third-order valence-corrected chi connectivity index (χ3v) is 5.61. The Morgan fingerprint density at radius 2 is 1.79 bits per heavy atom. The molecule has 0 spiro atoms. The maximum atomic E-state index is 13.0. The highest BCUT2D eigenvalue weighted by Gasteiger charge is 2.26. The number of carbonyl (C=O) groups is 2. The van der Waals surface area contributed by atoms with Crippen LogP contribution in [-0.4, -0.2) is 42.2 Å². The second-order valence-electron chi connectivity index (χ2n) is 6.79. The van der Waals surface area contributed by atoms with Crippen LogP contribution in [0.5, 0.6) is 5.75 Å². The molecule has 0 fully saturated rings. The summed E-state index contributed by atoms with van der Waals surface area (Å²) in [5.41, 5.74) is 0.956. The van der Waals surface area contributed by atoms with E-state index in [2.05, 4.69) is 12.2 Å². The number of amides is 2. The van der Waals surface area contributed by atoms with Crippen LogP contribution in [0.4, 0.5) is 0 Å². The highest BCUT2D eigenvalue weighted by molar-refractivity contribution is 8.00. The summed E-state index contributed by atoms with van der Waals surface area (Å²) < 4.78 is 5.20. The lowest BCUT2D eigenvalue weighted by molar-refractivity contribution is -0.138. The molecule has 0 bridgehead atoms. The minimum absolute atomic E-state index is 0.0622. The van der Waals surface area contributed by atoms with Crippen LogP contribution in [0.25, 0.3) is 0 Å². The van der Waals surface area contributed by atoms with E-state index in [1.807, 2.05) is 54.6 Å². The molecule has 0 unspecified atom stereocenters. The third-order valence-electron chi connectivity index (χ3n) is 4.61. The fourth-order valence-electron chi connectivity index (χ4n) is 2.79. The van der Waals surface area contributed by atoms with Crippen LogP contribution in [0.3, 0.4) is 0 Å². The minimum Gasteiger partial charge on any atom is -0.497 e. The quantitative estimate of drug-likeness (QED) is 0.444. The van der Waals surface area contributed by atoms with E-state index in [0.717, 1.165) is 29.1 Å². The Morgan fingerprint density at radius 1 is 1.10 bits per heavy atom. The molecule has 29 heavy (non-hydrogen) atoms. The van der Waals surface area contributed by atoms with Gasteiger partial charge in [-0.3, -0.25) is 9.59 Å². The van der Waals surface area contributed by atoms with Gasteiger partial charge < -0.3 is 15.0 Å². The van der Waals surface area contributed by atoms with Gasteiger partial charge in [0.2, 0.25) is 11.8 Å². The zero-order valence-corrected chi connectivity index (χ0v) is 18.2. The van der Waals surface area contributed by atoms with Crippen LogP contribution in [0.2, 0.25) is 0 Å². The highest BCUT2D eigenvalue weighted by atomic mass is 32.2. The summed E-state index contributed by atoms with van der Waals surface area (Å²) in [6.45, 7) is 4.87. The number of hydrogen-bond donors (Lipinski definition) is 1. The number of thioether (sulfide) groups is 1. The van der Waals surface area contributed by atoms with Gasteiger partial charge in [0.1, 0.15) is 11.8 Å². The highest BCUT2D eigenvalue weighted by Crippen LogP contribution is 2.20. The summed E-state index contributed by atoms with van der Waals surface area (Å²) in [4.78, 5) is 28.3. The second kappa shape index (κ2) is 12.2. The number of methoxy groups -OCH3 is 1. The molecule has 1 atom stereocenters. The van der Waals surface area contributed by atoms with Crippen molar-refractivity contribution in [2.75, 3.05) is 19.4 Å². The Bertz CT molecular complexity index is 765. The Labute approximate surface area is 177 Å². The number of ether oxygens (including phenoxy) is 1. The Morgan fingerprint density at radius 3 is 2.41 bits per heavy atom. The molecule has 6 heteroatoms. The van der Waals surface area contributed by atoms with Gasteiger partial charge in [-0.15, -0.1) is 11.8 Å². The van der Waals surface area contributed by atoms with Crippen LogP contribution < -0.4 is 10.1 Å². The van der Waals surface area contributed by atoms with Gasteiger partial charge in [0, 0.05) is 18.0 Å². The lowest BCUT2D eigenvalue weighted by atomic mass is 10.1. The molecular weight excluding hydrogens is 384 g/mol. The molecule has 5 nitrogen and oxygen atoms in total. The number of carbonyl (C=O) groups excluding carboxylic acids is 2. The van der Waals surface area contributed by atoms with Crippen molar-refractivity contribution in [3.05, 3.63) is 60.2 Å². The smallest absolute Gasteiger partial charge is 0.242 e. The average molecular weight is 415 g/mol. The van der Waals surface area contributed by atoms with Crippen molar-refractivity contribution >= 4 is 23.6 Å². The van der Waals surface area contributed by atoms with E-state index in [1.54, 1.807) is 18.9 Å². The van der Waals surface area contributed by atoms with Crippen LogP contribution in [0.15, 0.2) is 59.5 Å². The van der Waals surface area contributed by atoms with E-state index in [-0.39, 0.29) is 17.6 Å². The summed E-state index contributed by atoms with van der Waals surface area (Å²) in [7, 11) is 1.62. The topological polar surface area (TPSA) is 58.6 Å². The van der Waals surface area contributed by atoms with Crippen molar-refractivity contribution in [3.8, 4) is 5.75 Å². The molecule has 2 amide bonds. The first-order valence-corrected chi connectivity index (χ1v) is 10.9. The van der Waals surface area contributed by atoms with Crippen molar-refractivity contribution in [2.24, 2.45) is 0 Å². The van der Waals surface area contributed by atoms with Gasteiger partial charge in [0.25, 0.3) is 0 Å². The lowest BCUT2D eigenvalue weighted by Crippen LogP contribution is -2.48. The van der Waals surface area contributed by atoms with Gasteiger partial charge in [-0.2, -0.15) is 0 Å². The van der Waals surface area contributed by atoms with Crippen LogP contribution in [-0.2, 0) is 16.1 Å². The standard InChI is InChI=1S/C23H30N2O3S/c1-4-5-15-24-23(27)18(2)25(16-19-11-13-20(28-3)14-12-19)22(26)17-29-21-9-7-6-8-10-21/h6-14,18H,4-5,15-17H2,1-3H3,(H,24,27)/t18-/m0/s1. The summed E-state index contributed by atoms with van der Waals surface area (Å²) in [6, 6.07) is 16.8. The van der Waals surface area contributed by atoms with E-state index < -0.39 is 6.04 Å². The first-order chi connectivity index (χ1) is 14.0. The molecular formula is C23H30N2O3S. The van der Waals surface area contributed by atoms with Gasteiger partial charge >= 0.3 is 0 Å². The molecule has 0 aliphatic carbocycles. The maximum Gasteiger partial charge on any atom is 0.242 e. The zero-order valence-electron chi connectivity index (χ0n) is 17.4. The fourth-order valence-corrected chi connectivity index (χ4v) is 3.60. The Kier molecular flexibility index (Phi) is 9.57. The van der Waals surface area contributed by atoms with Crippen molar-refractivity contribution in [2.45, 2.75) is 44.2 Å². The van der Waals surface area contributed by atoms with E-state index >= 15 is 0 Å². The molecule has 0 aromatic heterocycles. The molecule has 0 heterocycles. The largest absolute Gasteiger partial charge is 0.497 e. The summed E-state index contributed by atoms with van der Waals surface area (Å²) in [5, 5.41) is 2.94. The third kappa shape index (κ3) is 7.46. The summed E-state index contributed by atoms with van der Waals surface area (Å²) >= 11 is 1.48. The van der Waals surface area contributed by atoms with Gasteiger partial charge in [0.05, 0.1) is 12.9 Å². The van der Waals surface area contributed by atoms with Gasteiger partial charge in [-0.1, -0.05) is 43.7 Å². The van der Waals surface area contributed by atoms with Crippen LogP contribution in [0, 0.1) is 0 Å². The van der Waals surface area contributed by atoms with E-state index in [9.17, 15) is 9.59 Å². The van der Waals surface area contributed by atoms with Crippen molar-refractivity contribution < 1.29 is 14.3 Å². The Balaban J connectivity index is 2.09. The van der Waals surface area contributed by atoms with E-state index in [4.69, 9.17) is 4.74 Å². The first kappa shape index (κ1) is 22.8. The van der Waals surface area contributed by atoms with Crippen molar-refractivity contribution in [3.63, 3.8) is 0 Å². The molecule has 2 aromatic rings. The summed E-state index contributed by atoms with van der Waals surface area (Å²) in [6.07, 6.45) is 1.94. The van der Waals surface area contributed by atoms with Crippen molar-refractivity contribution in [1.82, 2.24) is 10.2 Å². The number of nitrogens with one attached hydrogen (secondary N) is 1. The SMILES string of the molecule is CCCCNC(=O)[C@H](C)N(Cc1ccc(OC)cc1)C(=O)CSc1ccccc1. The molecule has 156 valence electrons. The monoisotopic (exact) mass is 414 g/mol. The minimum atomic E-state index is -0.544. The molecule has 0 saturated heterocycles. The first-order valence-electron chi connectivity index (χ1n) is 9.93. The summed E-state index contributed by atoms with van der Waals surface area (Å²) in [5.74, 6) is 0.863. The lowest BCUT2D eigenvalue weighted by Gasteiger charge is -2.29. The predicted molar refractivity (Wildman–Crippen MR) is 118 cm³/mol. The van der Waals surface area contributed by atoms with Crippen LogP contribution in [0.1, 0.15) is 32.3 Å². The Hall–Kier alpha value is -2.47.